The molecular formula is C11H14N4O5S. The van der Waals surface area contributed by atoms with Gasteiger partial charge in [-0.3, -0.25) is 18.5 Å². The molecule has 0 spiro atoms. The van der Waals surface area contributed by atoms with Crippen LogP contribution in [0.25, 0.3) is 11.0 Å². The molecule has 0 unspecified atom stereocenters. The van der Waals surface area contributed by atoms with E-state index < -0.39 is 32.0 Å². The average molecular weight is 314 g/mol. The van der Waals surface area contributed by atoms with E-state index in [9.17, 15) is 18.0 Å². The van der Waals surface area contributed by atoms with Gasteiger partial charge in [0.15, 0.2) is 5.65 Å². The standard InChI is InChI=1S/C11H14N4O5S/c1-3-14-9-7(10(16)15(4-2)11(14)17)8(12)6(5-13-9)21(18,19)20/h5H,3-4H2,1-2H3,(H2,12,13)(H,18,19,20). The molecule has 0 fully saturated rings. The zero-order valence-corrected chi connectivity index (χ0v) is 12.2. The van der Waals surface area contributed by atoms with E-state index in [0.29, 0.717) is 0 Å². The van der Waals surface area contributed by atoms with Gasteiger partial charge in [0, 0.05) is 13.1 Å². The quantitative estimate of drug-likeness (QED) is 0.723. The molecule has 21 heavy (non-hydrogen) atoms. The Balaban J connectivity index is 3.16. The minimum atomic E-state index is -4.61. The highest BCUT2D eigenvalue weighted by Gasteiger charge is 2.22. The van der Waals surface area contributed by atoms with Crippen LogP contribution in [0.15, 0.2) is 20.7 Å². The molecule has 0 amide bonds. The van der Waals surface area contributed by atoms with Crippen molar-refractivity contribution in [1.29, 1.82) is 0 Å². The maximum Gasteiger partial charge on any atom is 0.332 e. The highest BCUT2D eigenvalue weighted by Crippen LogP contribution is 2.22. The second-order valence-electron chi connectivity index (χ2n) is 4.29. The van der Waals surface area contributed by atoms with Gasteiger partial charge in [0.05, 0.1) is 11.9 Å². The van der Waals surface area contributed by atoms with E-state index in [1.54, 1.807) is 13.8 Å². The number of pyridine rings is 1. The van der Waals surface area contributed by atoms with Crippen LogP contribution in [0.2, 0.25) is 0 Å². The first-order valence-corrected chi connectivity index (χ1v) is 7.57. The van der Waals surface area contributed by atoms with Gasteiger partial charge in [-0.25, -0.2) is 9.78 Å². The smallest absolute Gasteiger partial charge is 0.332 e. The molecule has 0 atom stereocenters. The molecule has 0 radical (unpaired) electrons. The summed E-state index contributed by atoms with van der Waals surface area (Å²) in [5, 5.41) is -0.201. The molecule has 2 aromatic rings. The second-order valence-corrected chi connectivity index (χ2v) is 5.68. The molecule has 2 rings (SSSR count). The van der Waals surface area contributed by atoms with Gasteiger partial charge in [-0.2, -0.15) is 8.42 Å². The fourth-order valence-electron chi connectivity index (χ4n) is 2.14. The maximum absolute atomic E-state index is 12.3. The summed E-state index contributed by atoms with van der Waals surface area (Å²) in [5.41, 5.74) is 3.97. The van der Waals surface area contributed by atoms with Crippen molar-refractivity contribution >= 4 is 26.8 Å². The SMILES string of the molecule is CCn1c(=O)c2c(N)c(S(=O)(=O)O)cnc2n(CC)c1=O. The Hall–Kier alpha value is -2.20. The van der Waals surface area contributed by atoms with Crippen LogP contribution >= 0.6 is 0 Å². The van der Waals surface area contributed by atoms with Gasteiger partial charge in [0.25, 0.3) is 15.7 Å². The maximum atomic E-state index is 12.3. The van der Waals surface area contributed by atoms with Gasteiger partial charge in [0.1, 0.15) is 10.3 Å². The average Bonchev–Trinajstić information content (AvgIpc) is 2.38. The Kier molecular flexibility index (Phi) is 3.59. The zero-order valence-electron chi connectivity index (χ0n) is 11.4. The van der Waals surface area contributed by atoms with Crippen molar-refractivity contribution in [3.8, 4) is 0 Å². The molecule has 3 N–H and O–H groups in total. The van der Waals surface area contributed by atoms with E-state index in [1.165, 1.54) is 4.57 Å². The third kappa shape index (κ3) is 2.21. The topological polar surface area (TPSA) is 137 Å². The van der Waals surface area contributed by atoms with Crippen LogP contribution in [0, 0.1) is 0 Å². The van der Waals surface area contributed by atoms with Gasteiger partial charge < -0.3 is 5.73 Å². The lowest BCUT2D eigenvalue weighted by Crippen LogP contribution is -2.40. The molecule has 2 aromatic heterocycles. The largest absolute Gasteiger partial charge is 0.397 e. The van der Waals surface area contributed by atoms with Crippen LogP contribution in [0.4, 0.5) is 5.69 Å². The Morgan fingerprint density at radius 1 is 1.24 bits per heavy atom. The molecule has 0 aromatic carbocycles. The van der Waals surface area contributed by atoms with Crippen molar-refractivity contribution in [3.63, 3.8) is 0 Å². The molecule has 0 saturated heterocycles. The van der Waals surface area contributed by atoms with Crippen molar-refractivity contribution in [3.05, 3.63) is 27.0 Å². The summed E-state index contributed by atoms with van der Waals surface area (Å²) in [6.07, 6.45) is 0.828. The molecule has 0 aliphatic heterocycles. The Bertz CT molecular complexity index is 942. The van der Waals surface area contributed by atoms with Crippen molar-refractivity contribution in [1.82, 2.24) is 14.1 Å². The van der Waals surface area contributed by atoms with Crippen LogP contribution in [0.1, 0.15) is 13.8 Å². The predicted octanol–water partition coefficient (Wildman–Crippen LogP) is -0.573. The molecule has 10 heteroatoms. The second kappa shape index (κ2) is 4.97. The Morgan fingerprint density at radius 3 is 2.29 bits per heavy atom. The van der Waals surface area contributed by atoms with E-state index in [4.69, 9.17) is 10.3 Å². The number of anilines is 1. The first-order valence-electron chi connectivity index (χ1n) is 6.13. The minimum Gasteiger partial charge on any atom is -0.397 e. The molecule has 0 aliphatic rings. The van der Waals surface area contributed by atoms with E-state index >= 15 is 0 Å². The summed E-state index contributed by atoms with van der Waals surface area (Å²) in [6.45, 7) is 3.61. The highest BCUT2D eigenvalue weighted by molar-refractivity contribution is 7.86. The predicted molar refractivity (Wildman–Crippen MR) is 75.8 cm³/mol. The number of aromatic nitrogens is 3. The summed E-state index contributed by atoms with van der Waals surface area (Å²) in [5.74, 6) is 0. The third-order valence-corrected chi connectivity index (χ3v) is 4.03. The normalized spacial score (nSPS) is 12.0. The molecule has 2 heterocycles. The van der Waals surface area contributed by atoms with Gasteiger partial charge in [-0.05, 0) is 13.8 Å². The summed E-state index contributed by atoms with van der Waals surface area (Å²) in [7, 11) is -4.61. The minimum absolute atomic E-state index is 0.0119. The lowest BCUT2D eigenvalue weighted by Gasteiger charge is -2.13. The molecule has 0 bridgehead atoms. The fourth-order valence-corrected chi connectivity index (χ4v) is 2.71. The molecule has 0 saturated carbocycles. The van der Waals surface area contributed by atoms with Crippen LogP contribution in [-0.2, 0) is 23.2 Å². The first-order chi connectivity index (χ1) is 9.73. The van der Waals surface area contributed by atoms with Gasteiger partial charge >= 0.3 is 5.69 Å². The lowest BCUT2D eigenvalue weighted by atomic mass is 10.2. The summed E-state index contributed by atoms with van der Waals surface area (Å²) in [6, 6.07) is 0. The summed E-state index contributed by atoms with van der Waals surface area (Å²) >= 11 is 0. The highest BCUT2D eigenvalue weighted by atomic mass is 32.2. The number of nitrogen functional groups attached to an aromatic ring is 1. The fraction of sp³-hybridized carbons (Fsp3) is 0.364. The van der Waals surface area contributed by atoms with E-state index in [0.717, 1.165) is 10.8 Å². The van der Waals surface area contributed by atoms with E-state index in [1.807, 2.05) is 0 Å². The number of hydrogen-bond donors (Lipinski definition) is 2. The number of hydrogen-bond acceptors (Lipinski definition) is 6. The molecule has 0 aliphatic carbocycles. The number of rotatable bonds is 3. The van der Waals surface area contributed by atoms with E-state index in [2.05, 4.69) is 4.98 Å². The van der Waals surface area contributed by atoms with Crippen molar-refractivity contribution in [2.75, 3.05) is 5.73 Å². The number of fused-ring (bicyclic) bond motifs is 1. The number of nitrogens with zero attached hydrogens (tertiary/aromatic N) is 3. The lowest BCUT2D eigenvalue weighted by molar-refractivity contribution is 0.483. The Labute approximate surface area is 119 Å². The number of nitrogens with two attached hydrogens (primary N) is 1. The van der Waals surface area contributed by atoms with Crippen LogP contribution in [0.5, 0.6) is 0 Å². The Morgan fingerprint density at radius 2 is 1.81 bits per heavy atom. The van der Waals surface area contributed by atoms with Gasteiger partial charge in [-0.1, -0.05) is 0 Å². The van der Waals surface area contributed by atoms with Crippen molar-refractivity contribution in [2.45, 2.75) is 31.8 Å². The van der Waals surface area contributed by atoms with Crippen LogP contribution < -0.4 is 17.0 Å². The molecule has 9 nitrogen and oxygen atoms in total. The van der Waals surface area contributed by atoms with Gasteiger partial charge in [-0.15, -0.1) is 0 Å². The monoisotopic (exact) mass is 314 g/mol. The third-order valence-electron chi connectivity index (χ3n) is 3.15. The first kappa shape index (κ1) is 15.2. The summed E-state index contributed by atoms with van der Waals surface area (Å²) in [4.78, 5) is 27.6. The molecule has 114 valence electrons. The van der Waals surface area contributed by atoms with E-state index in [-0.39, 0.29) is 24.1 Å². The van der Waals surface area contributed by atoms with Crippen molar-refractivity contribution in [2.24, 2.45) is 0 Å². The summed E-state index contributed by atoms with van der Waals surface area (Å²) < 4.78 is 33.7. The van der Waals surface area contributed by atoms with Crippen LogP contribution in [0.3, 0.4) is 0 Å². The number of aryl methyl sites for hydroxylation is 1. The van der Waals surface area contributed by atoms with Crippen LogP contribution in [-0.4, -0.2) is 27.1 Å². The van der Waals surface area contributed by atoms with Crippen molar-refractivity contribution < 1.29 is 13.0 Å². The zero-order chi connectivity index (χ0) is 15.9. The van der Waals surface area contributed by atoms with Gasteiger partial charge in [0.2, 0.25) is 0 Å². The molecular weight excluding hydrogens is 300 g/mol.